The molecule has 1 heterocycles. The zero-order valence-electron chi connectivity index (χ0n) is 12.3. The Labute approximate surface area is 135 Å². The number of benzene rings is 1. The van der Waals surface area contributed by atoms with E-state index in [2.05, 4.69) is 26.4 Å². The number of hydrogen-bond donors (Lipinski definition) is 1. The van der Waals surface area contributed by atoms with Gasteiger partial charge in [0.05, 0.1) is 11.4 Å². The van der Waals surface area contributed by atoms with E-state index in [1.165, 1.54) is 13.0 Å². The summed E-state index contributed by atoms with van der Waals surface area (Å²) in [5.74, 6) is -1.20. The Hall–Kier alpha value is -2.15. The van der Waals surface area contributed by atoms with Gasteiger partial charge in [0.25, 0.3) is 5.91 Å². The first-order valence-corrected chi connectivity index (χ1v) is 7.37. The minimum Gasteiger partial charge on any atom is -0.447 e. The van der Waals surface area contributed by atoms with E-state index in [-0.39, 0.29) is 5.76 Å². The van der Waals surface area contributed by atoms with E-state index in [4.69, 9.17) is 9.26 Å². The predicted molar refractivity (Wildman–Crippen MR) is 83.6 cm³/mol. The second-order valence-electron chi connectivity index (χ2n) is 4.85. The van der Waals surface area contributed by atoms with Crippen LogP contribution >= 0.6 is 15.9 Å². The quantitative estimate of drug-likeness (QED) is 0.839. The van der Waals surface area contributed by atoms with Crippen molar-refractivity contribution in [1.29, 1.82) is 0 Å². The zero-order valence-corrected chi connectivity index (χ0v) is 13.9. The zero-order chi connectivity index (χ0) is 16.3. The van der Waals surface area contributed by atoms with Gasteiger partial charge in [0.15, 0.2) is 6.10 Å². The van der Waals surface area contributed by atoms with Gasteiger partial charge in [-0.15, -0.1) is 0 Å². The first kappa shape index (κ1) is 16.2. The molecule has 1 aromatic heterocycles. The number of aromatic nitrogens is 1. The van der Waals surface area contributed by atoms with Crippen LogP contribution in [0.15, 0.2) is 33.3 Å². The lowest BCUT2D eigenvalue weighted by molar-refractivity contribution is -0.123. The number of rotatable bonds is 4. The summed E-state index contributed by atoms with van der Waals surface area (Å²) in [6, 6.07) is 6.97. The molecular weight excluding hydrogens is 352 g/mol. The van der Waals surface area contributed by atoms with Crippen LogP contribution in [0.5, 0.6) is 0 Å². The van der Waals surface area contributed by atoms with Crippen LogP contribution in [0.2, 0.25) is 0 Å². The van der Waals surface area contributed by atoms with E-state index in [1.54, 1.807) is 13.0 Å². The molecule has 0 aliphatic heterocycles. The lowest BCUT2D eigenvalue weighted by Gasteiger charge is -2.13. The highest BCUT2D eigenvalue weighted by Gasteiger charge is 2.22. The molecule has 6 nitrogen and oxygen atoms in total. The van der Waals surface area contributed by atoms with Crippen molar-refractivity contribution in [1.82, 2.24) is 5.16 Å². The number of esters is 1. The number of carbonyl (C=O) groups is 2. The molecule has 1 N–H and O–H groups in total. The van der Waals surface area contributed by atoms with Crippen LogP contribution in [0.4, 0.5) is 5.69 Å². The Bertz CT molecular complexity index is 711. The first-order valence-electron chi connectivity index (χ1n) is 6.58. The van der Waals surface area contributed by atoms with Crippen molar-refractivity contribution in [3.8, 4) is 0 Å². The van der Waals surface area contributed by atoms with Gasteiger partial charge >= 0.3 is 5.97 Å². The molecule has 0 unspecified atom stereocenters. The smallest absolute Gasteiger partial charge is 0.377 e. The summed E-state index contributed by atoms with van der Waals surface area (Å²) in [5, 5.41) is 6.28. The van der Waals surface area contributed by atoms with Crippen molar-refractivity contribution >= 4 is 33.5 Å². The molecule has 2 rings (SSSR count). The summed E-state index contributed by atoms with van der Waals surface area (Å²) in [7, 11) is 0. The van der Waals surface area contributed by atoms with Crippen molar-refractivity contribution in [3.05, 3.63) is 45.8 Å². The molecule has 0 spiro atoms. The number of carbonyl (C=O) groups excluding carboxylic acids is 2. The van der Waals surface area contributed by atoms with Gasteiger partial charge in [-0.05, 0) is 54.4 Å². The van der Waals surface area contributed by atoms with Gasteiger partial charge in [0.1, 0.15) is 0 Å². The van der Waals surface area contributed by atoms with Gasteiger partial charge in [0, 0.05) is 10.5 Å². The first-order chi connectivity index (χ1) is 10.4. The molecule has 116 valence electrons. The maximum atomic E-state index is 12.1. The maximum Gasteiger partial charge on any atom is 0.377 e. The Balaban J connectivity index is 1.98. The number of ether oxygens (including phenoxy) is 1. The third kappa shape index (κ3) is 3.94. The molecule has 2 aromatic rings. The number of aryl methyl sites for hydroxylation is 2. The normalized spacial score (nSPS) is 11.8. The van der Waals surface area contributed by atoms with Crippen LogP contribution < -0.4 is 5.32 Å². The highest BCUT2D eigenvalue weighted by Crippen LogP contribution is 2.23. The standard InChI is InChI=1S/C15H15BrN2O4/c1-8-4-5-12(11(16)6-8)17-14(19)10(3)21-15(20)13-7-9(2)18-22-13/h4-7,10H,1-3H3,(H,17,19)/t10-/m0/s1. The Morgan fingerprint density at radius 2 is 2.05 bits per heavy atom. The molecule has 1 atom stereocenters. The molecular formula is C15H15BrN2O4. The van der Waals surface area contributed by atoms with Gasteiger partial charge in [0.2, 0.25) is 5.76 Å². The van der Waals surface area contributed by atoms with Crippen LogP contribution in [-0.4, -0.2) is 23.1 Å². The molecule has 0 aliphatic rings. The van der Waals surface area contributed by atoms with Gasteiger partial charge in [-0.3, -0.25) is 4.79 Å². The van der Waals surface area contributed by atoms with Gasteiger partial charge in [-0.1, -0.05) is 11.2 Å². The monoisotopic (exact) mass is 366 g/mol. The molecule has 1 amide bonds. The predicted octanol–water partition coefficient (Wildman–Crippen LogP) is 3.24. The van der Waals surface area contributed by atoms with Crippen LogP contribution in [0.25, 0.3) is 0 Å². The van der Waals surface area contributed by atoms with Crippen LogP contribution in [0.3, 0.4) is 0 Å². The van der Waals surface area contributed by atoms with Crippen molar-refractivity contribution in [3.63, 3.8) is 0 Å². The highest BCUT2D eigenvalue weighted by atomic mass is 79.9. The van der Waals surface area contributed by atoms with Crippen LogP contribution in [0, 0.1) is 13.8 Å². The second-order valence-corrected chi connectivity index (χ2v) is 5.71. The molecule has 0 radical (unpaired) electrons. The Morgan fingerprint density at radius 1 is 1.32 bits per heavy atom. The largest absolute Gasteiger partial charge is 0.447 e. The molecule has 0 bridgehead atoms. The number of anilines is 1. The molecule has 1 aromatic carbocycles. The SMILES string of the molecule is Cc1ccc(NC(=O)[C@H](C)OC(=O)c2cc(C)no2)c(Br)c1. The van der Waals surface area contributed by atoms with Gasteiger partial charge < -0.3 is 14.6 Å². The topological polar surface area (TPSA) is 81.4 Å². The summed E-state index contributed by atoms with van der Waals surface area (Å²) < 4.78 is 10.6. The van der Waals surface area contributed by atoms with E-state index in [9.17, 15) is 9.59 Å². The highest BCUT2D eigenvalue weighted by molar-refractivity contribution is 9.10. The third-order valence-corrected chi connectivity index (χ3v) is 3.52. The summed E-state index contributed by atoms with van der Waals surface area (Å²) in [6.07, 6.45) is -0.967. The minimum atomic E-state index is -0.967. The fourth-order valence-electron chi connectivity index (χ4n) is 1.69. The molecule has 22 heavy (non-hydrogen) atoms. The van der Waals surface area contributed by atoms with Crippen molar-refractivity contribution < 1.29 is 18.8 Å². The molecule has 0 saturated heterocycles. The molecule has 0 aliphatic carbocycles. The third-order valence-electron chi connectivity index (χ3n) is 2.86. The van der Waals surface area contributed by atoms with E-state index < -0.39 is 18.0 Å². The van der Waals surface area contributed by atoms with Crippen LogP contribution in [0.1, 0.15) is 28.7 Å². The molecule has 0 saturated carbocycles. The number of halogens is 1. The Kier molecular flexibility index (Phi) is 4.97. The van der Waals surface area contributed by atoms with Gasteiger partial charge in [-0.25, -0.2) is 4.79 Å². The van der Waals surface area contributed by atoms with E-state index >= 15 is 0 Å². The summed E-state index contributed by atoms with van der Waals surface area (Å²) >= 11 is 3.37. The summed E-state index contributed by atoms with van der Waals surface area (Å²) in [6.45, 7) is 5.12. The number of hydrogen-bond acceptors (Lipinski definition) is 5. The van der Waals surface area contributed by atoms with Crippen molar-refractivity contribution in [2.45, 2.75) is 26.9 Å². The average Bonchev–Trinajstić information content (AvgIpc) is 2.88. The fraction of sp³-hybridized carbons (Fsp3) is 0.267. The number of nitrogens with zero attached hydrogens (tertiary/aromatic N) is 1. The Morgan fingerprint density at radius 3 is 2.64 bits per heavy atom. The van der Waals surface area contributed by atoms with E-state index in [0.717, 1.165) is 10.0 Å². The number of nitrogens with one attached hydrogen (secondary N) is 1. The maximum absolute atomic E-state index is 12.1. The lowest BCUT2D eigenvalue weighted by atomic mass is 10.2. The molecule has 0 fully saturated rings. The van der Waals surface area contributed by atoms with Crippen LogP contribution in [-0.2, 0) is 9.53 Å². The fourth-order valence-corrected chi connectivity index (χ4v) is 2.28. The second kappa shape index (κ2) is 6.74. The minimum absolute atomic E-state index is 0.0336. The lowest BCUT2D eigenvalue weighted by Crippen LogP contribution is -2.30. The number of amides is 1. The van der Waals surface area contributed by atoms with E-state index in [1.807, 2.05) is 19.1 Å². The summed E-state index contributed by atoms with van der Waals surface area (Å²) in [4.78, 5) is 23.9. The van der Waals surface area contributed by atoms with Crippen molar-refractivity contribution in [2.75, 3.05) is 5.32 Å². The molecule has 7 heteroatoms. The van der Waals surface area contributed by atoms with Crippen molar-refractivity contribution in [2.24, 2.45) is 0 Å². The summed E-state index contributed by atoms with van der Waals surface area (Å²) in [5.41, 5.74) is 2.23. The average molecular weight is 367 g/mol. The van der Waals surface area contributed by atoms with E-state index in [0.29, 0.717) is 11.4 Å². The van der Waals surface area contributed by atoms with Gasteiger partial charge in [-0.2, -0.15) is 0 Å².